The highest BCUT2D eigenvalue weighted by Gasteiger charge is 2.18. The van der Waals surface area contributed by atoms with Gasteiger partial charge in [0.05, 0.1) is 10.5 Å². The first kappa shape index (κ1) is 10.8. The van der Waals surface area contributed by atoms with Crippen LogP contribution in [0.1, 0.15) is 24.1 Å². The van der Waals surface area contributed by atoms with Gasteiger partial charge in [-0.15, -0.1) is 0 Å². The van der Waals surface area contributed by atoms with Crippen LogP contribution in [-0.2, 0) is 12.8 Å². The van der Waals surface area contributed by atoms with Crippen LogP contribution in [0.3, 0.4) is 0 Å². The number of aryl methyl sites for hydroxylation is 1. The van der Waals surface area contributed by atoms with Crippen LogP contribution in [0, 0.1) is 5.82 Å². The van der Waals surface area contributed by atoms with Gasteiger partial charge in [0.25, 0.3) is 0 Å². The lowest BCUT2D eigenvalue weighted by Gasteiger charge is -2.18. The van der Waals surface area contributed by atoms with Crippen LogP contribution in [0.15, 0.2) is 12.1 Å². The molecule has 0 bridgehead atoms. The highest BCUT2D eigenvalue weighted by molar-refractivity contribution is 6.36. The number of pyridine rings is 1. The second-order valence-electron chi connectivity index (χ2n) is 4.44. The first-order chi connectivity index (χ1) is 8.16. The van der Waals surface area contributed by atoms with Crippen molar-refractivity contribution in [2.45, 2.75) is 25.7 Å². The van der Waals surface area contributed by atoms with Crippen LogP contribution < -0.4 is 5.73 Å². The minimum Gasteiger partial charge on any atom is -0.398 e. The second kappa shape index (κ2) is 3.84. The molecule has 1 aromatic carbocycles. The molecule has 0 amide bonds. The average Bonchev–Trinajstić information content (AvgIpc) is 2.28. The van der Waals surface area contributed by atoms with Crippen LogP contribution >= 0.6 is 11.6 Å². The molecule has 0 radical (unpaired) electrons. The van der Waals surface area contributed by atoms with E-state index in [2.05, 4.69) is 4.98 Å². The maximum atomic E-state index is 13.3. The minimum absolute atomic E-state index is 0.346. The van der Waals surface area contributed by atoms with E-state index in [0.717, 1.165) is 36.9 Å². The number of fused-ring (bicyclic) bond motifs is 2. The van der Waals surface area contributed by atoms with Gasteiger partial charge in [0.15, 0.2) is 0 Å². The molecule has 4 heteroatoms. The zero-order chi connectivity index (χ0) is 12.0. The Hall–Kier alpha value is -1.35. The van der Waals surface area contributed by atoms with Crippen molar-refractivity contribution in [3.63, 3.8) is 0 Å². The molecular weight excluding hydrogens is 239 g/mol. The number of nitrogens with two attached hydrogens (primary N) is 1. The molecule has 2 N–H and O–H groups in total. The lowest BCUT2D eigenvalue weighted by Crippen LogP contribution is -2.09. The first-order valence-electron chi connectivity index (χ1n) is 5.73. The van der Waals surface area contributed by atoms with Crippen LogP contribution in [0.4, 0.5) is 10.1 Å². The number of benzene rings is 1. The molecule has 0 fully saturated rings. The van der Waals surface area contributed by atoms with E-state index >= 15 is 0 Å². The Balaban J connectivity index is 2.40. The molecule has 0 unspecified atom stereocenters. The summed E-state index contributed by atoms with van der Waals surface area (Å²) in [5.74, 6) is -0.370. The molecule has 3 rings (SSSR count). The van der Waals surface area contributed by atoms with Gasteiger partial charge >= 0.3 is 0 Å². The van der Waals surface area contributed by atoms with Crippen molar-refractivity contribution in [2.75, 3.05) is 5.73 Å². The summed E-state index contributed by atoms with van der Waals surface area (Å²) in [4.78, 5) is 4.49. The van der Waals surface area contributed by atoms with Crippen molar-refractivity contribution in [3.05, 3.63) is 34.2 Å². The molecule has 17 heavy (non-hydrogen) atoms. The van der Waals surface area contributed by atoms with Gasteiger partial charge < -0.3 is 5.73 Å². The Bertz CT molecular complexity index is 610. The van der Waals surface area contributed by atoms with Crippen molar-refractivity contribution in [1.82, 2.24) is 4.98 Å². The summed E-state index contributed by atoms with van der Waals surface area (Å²) in [6.07, 6.45) is 4.11. The molecule has 2 nitrogen and oxygen atoms in total. The maximum absolute atomic E-state index is 13.3. The maximum Gasteiger partial charge on any atom is 0.126 e. The van der Waals surface area contributed by atoms with E-state index in [1.165, 1.54) is 12.1 Å². The standard InChI is InChI=1S/C13H12ClFN2/c14-9-5-7(15)6-11-12(9)13(16)8-3-1-2-4-10(8)17-11/h5-6H,1-4H2,(H2,16,17). The zero-order valence-corrected chi connectivity index (χ0v) is 10.0. The van der Waals surface area contributed by atoms with Gasteiger partial charge in [0.2, 0.25) is 0 Å². The highest BCUT2D eigenvalue weighted by Crippen LogP contribution is 2.35. The largest absolute Gasteiger partial charge is 0.398 e. The molecule has 1 aliphatic carbocycles. The van der Waals surface area contributed by atoms with Crippen molar-refractivity contribution in [1.29, 1.82) is 0 Å². The summed E-state index contributed by atoms with van der Waals surface area (Å²) >= 11 is 6.05. The van der Waals surface area contributed by atoms with Crippen LogP contribution in [0.25, 0.3) is 10.9 Å². The third kappa shape index (κ3) is 1.65. The zero-order valence-electron chi connectivity index (χ0n) is 9.26. The number of anilines is 1. The van der Waals surface area contributed by atoms with Crippen molar-refractivity contribution >= 4 is 28.2 Å². The second-order valence-corrected chi connectivity index (χ2v) is 4.85. The fourth-order valence-electron chi connectivity index (χ4n) is 2.51. The lowest BCUT2D eigenvalue weighted by atomic mass is 9.93. The van der Waals surface area contributed by atoms with Gasteiger partial charge in [0.1, 0.15) is 5.82 Å². The van der Waals surface area contributed by atoms with E-state index in [1.807, 2.05) is 0 Å². The highest BCUT2D eigenvalue weighted by atomic mass is 35.5. The number of aromatic nitrogens is 1. The quantitative estimate of drug-likeness (QED) is 0.777. The SMILES string of the molecule is Nc1c2c(nc3cc(F)cc(Cl)c13)CCCC2. The molecule has 1 heterocycles. The smallest absolute Gasteiger partial charge is 0.126 e. The van der Waals surface area contributed by atoms with Crippen molar-refractivity contribution < 1.29 is 4.39 Å². The van der Waals surface area contributed by atoms with Crippen LogP contribution in [0.2, 0.25) is 5.02 Å². The number of hydrogen-bond donors (Lipinski definition) is 1. The molecule has 88 valence electrons. The monoisotopic (exact) mass is 250 g/mol. The Morgan fingerprint density at radius 1 is 1.24 bits per heavy atom. The predicted octanol–water partition coefficient (Wildman–Crippen LogP) is 3.49. The molecule has 0 spiro atoms. The van der Waals surface area contributed by atoms with Gasteiger partial charge in [-0.1, -0.05) is 11.6 Å². The van der Waals surface area contributed by atoms with Crippen molar-refractivity contribution in [2.24, 2.45) is 0 Å². The van der Waals surface area contributed by atoms with E-state index in [-0.39, 0.29) is 5.82 Å². The summed E-state index contributed by atoms with van der Waals surface area (Å²) < 4.78 is 13.3. The van der Waals surface area contributed by atoms with Gasteiger partial charge in [0, 0.05) is 22.8 Å². The molecule has 1 aromatic heterocycles. The fraction of sp³-hybridized carbons (Fsp3) is 0.308. The first-order valence-corrected chi connectivity index (χ1v) is 6.10. The summed E-state index contributed by atoms with van der Waals surface area (Å²) in [6.45, 7) is 0. The number of hydrogen-bond acceptors (Lipinski definition) is 2. The third-order valence-corrected chi connectivity index (χ3v) is 3.62. The average molecular weight is 251 g/mol. The molecule has 0 saturated carbocycles. The van der Waals surface area contributed by atoms with E-state index in [0.29, 0.717) is 21.6 Å². The summed E-state index contributed by atoms with van der Waals surface area (Å²) in [5.41, 5.74) is 9.48. The number of nitrogen functional groups attached to an aromatic ring is 1. The molecule has 1 aliphatic rings. The normalized spacial score (nSPS) is 14.9. The lowest BCUT2D eigenvalue weighted by molar-refractivity contribution is 0.629. The Kier molecular flexibility index (Phi) is 2.44. The number of halogens is 2. The third-order valence-electron chi connectivity index (χ3n) is 3.32. The molecule has 0 atom stereocenters. The summed E-state index contributed by atoms with van der Waals surface area (Å²) in [7, 11) is 0. The Morgan fingerprint density at radius 2 is 2.00 bits per heavy atom. The topological polar surface area (TPSA) is 38.9 Å². The molecule has 0 saturated heterocycles. The van der Waals surface area contributed by atoms with E-state index in [1.54, 1.807) is 0 Å². The Labute approximate surface area is 104 Å². The number of nitrogens with zero attached hydrogens (tertiary/aromatic N) is 1. The summed E-state index contributed by atoms with van der Waals surface area (Å²) in [6, 6.07) is 2.68. The van der Waals surface area contributed by atoms with Crippen LogP contribution in [0.5, 0.6) is 0 Å². The van der Waals surface area contributed by atoms with Gasteiger partial charge in [-0.3, -0.25) is 4.98 Å². The van der Waals surface area contributed by atoms with Gasteiger partial charge in [-0.05, 0) is 37.3 Å². The molecule has 2 aromatic rings. The fourth-order valence-corrected chi connectivity index (χ4v) is 2.82. The van der Waals surface area contributed by atoms with E-state index in [4.69, 9.17) is 17.3 Å². The van der Waals surface area contributed by atoms with E-state index < -0.39 is 0 Å². The Morgan fingerprint density at radius 3 is 2.82 bits per heavy atom. The van der Waals surface area contributed by atoms with Gasteiger partial charge in [-0.25, -0.2) is 4.39 Å². The van der Waals surface area contributed by atoms with Gasteiger partial charge in [-0.2, -0.15) is 0 Å². The molecular formula is C13H12ClFN2. The van der Waals surface area contributed by atoms with Crippen LogP contribution in [-0.4, -0.2) is 4.98 Å². The summed E-state index contributed by atoms with van der Waals surface area (Å²) in [5, 5.41) is 1.03. The predicted molar refractivity (Wildman–Crippen MR) is 67.8 cm³/mol. The van der Waals surface area contributed by atoms with E-state index in [9.17, 15) is 4.39 Å². The molecule has 0 aliphatic heterocycles. The van der Waals surface area contributed by atoms with Crippen molar-refractivity contribution in [3.8, 4) is 0 Å². The number of rotatable bonds is 0. The minimum atomic E-state index is -0.370.